The Labute approximate surface area is 184 Å². The minimum Gasteiger partial charge on any atom is -0.490 e. The molecule has 1 aromatic carbocycles. The average molecular weight is 502 g/mol. The molecule has 2 heterocycles. The van der Waals surface area contributed by atoms with E-state index in [1.807, 2.05) is 30.0 Å². The first-order chi connectivity index (χ1) is 13.3. The highest BCUT2D eigenvalue weighted by Crippen LogP contribution is 2.30. The van der Waals surface area contributed by atoms with Gasteiger partial charge in [0.15, 0.2) is 17.5 Å². The van der Waals surface area contributed by atoms with Gasteiger partial charge < -0.3 is 25.0 Å². The zero-order chi connectivity index (χ0) is 18.9. The predicted molar refractivity (Wildman–Crippen MR) is 121 cm³/mol. The van der Waals surface area contributed by atoms with Gasteiger partial charge in [0.2, 0.25) is 5.91 Å². The minimum atomic E-state index is 0. The zero-order valence-electron chi connectivity index (χ0n) is 16.5. The van der Waals surface area contributed by atoms with Gasteiger partial charge in [-0.25, -0.2) is 4.99 Å². The van der Waals surface area contributed by atoms with E-state index in [4.69, 9.17) is 9.47 Å². The van der Waals surface area contributed by atoms with Gasteiger partial charge >= 0.3 is 0 Å². The number of carbonyl (C=O) groups is 1. The van der Waals surface area contributed by atoms with Crippen LogP contribution in [0.5, 0.6) is 11.5 Å². The minimum absolute atomic E-state index is 0. The van der Waals surface area contributed by atoms with E-state index in [0.717, 1.165) is 68.5 Å². The number of likely N-dealkylation sites (tertiary alicyclic amines) is 1. The van der Waals surface area contributed by atoms with E-state index in [1.165, 1.54) is 0 Å². The molecule has 7 nitrogen and oxygen atoms in total. The number of nitrogens with zero attached hydrogens (tertiary/aromatic N) is 2. The zero-order valence-corrected chi connectivity index (χ0v) is 18.9. The molecule has 28 heavy (non-hydrogen) atoms. The Kier molecular flexibility index (Phi) is 9.66. The van der Waals surface area contributed by atoms with E-state index in [9.17, 15) is 4.79 Å². The summed E-state index contributed by atoms with van der Waals surface area (Å²) < 4.78 is 11.4. The maximum atomic E-state index is 11.6. The van der Waals surface area contributed by atoms with Crippen LogP contribution in [-0.2, 0) is 11.3 Å². The summed E-state index contributed by atoms with van der Waals surface area (Å²) in [5, 5.41) is 6.61. The lowest BCUT2D eigenvalue weighted by Crippen LogP contribution is -2.39. The van der Waals surface area contributed by atoms with Gasteiger partial charge in [0.1, 0.15) is 0 Å². The number of nitrogens with one attached hydrogen (secondary N) is 2. The maximum Gasteiger partial charge on any atom is 0.222 e. The van der Waals surface area contributed by atoms with Crippen LogP contribution in [0, 0.1) is 0 Å². The molecule has 1 amide bonds. The molecule has 1 fully saturated rings. The smallest absolute Gasteiger partial charge is 0.222 e. The second-order valence-electron chi connectivity index (χ2n) is 6.79. The number of guanidine groups is 1. The van der Waals surface area contributed by atoms with Gasteiger partial charge in [0.25, 0.3) is 0 Å². The first kappa shape index (κ1) is 22.6. The molecule has 8 heteroatoms. The van der Waals surface area contributed by atoms with E-state index in [-0.39, 0.29) is 29.9 Å². The van der Waals surface area contributed by atoms with Crippen molar-refractivity contribution in [2.45, 2.75) is 39.2 Å². The molecule has 0 radical (unpaired) electrons. The second-order valence-corrected chi connectivity index (χ2v) is 6.79. The van der Waals surface area contributed by atoms with Gasteiger partial charge in [-0.1, -0.05) is 6.07 Å². The first-order valence-electron chi connectivity index (χ1n) is 9.94. The van der Waals surface area contributed by atoms with Gasteiger partial charge in [-0.2, -0.15) is 0 Å². The number of amides is 1. The number of aliphatic imine (C=N–C) groups is 1. The lowest BCUT2D eigenvalue weighted by atomic mass is 10.2. The van der Waals surface area contributed by atoms with Crippen molar-refractivity contribution in [1.82, 2.24) is 15.5 Å². The quantitative estimate of drug-likeness (QED) is 0.260. The van der Waals surface area contributed by atoms with Crippen LogP contribution in [0.2, 0.25) is 0 Å². The van der Waals surface area contributed by atoms with Crippen molar-refractivity contribution >= 4 is 35.8 Å². The fourth-order valence-corrected chi connectivity index (χ4v) is 3.24. The first-order valence-corrected chi connectivity index (χ1v) is 9.94. The van der Waals surface area contributed by atoms with Crippen LogP contribution < -0.4 is 20.1 Å². The number of hydrogen-bond donors (Lipinski definition) is 2. The lowest BCUT2D eigenvalue weighted by Gasteiger charge is -2.16. The molecular weight excluding hydrogens is 471 g/mol. The van der Waals surface area contributed by atoms with Crippen molar-refractivity contribution in [3.05, 3.63) is 23.8 Å². The number of rotatable bonds is 7. The Balaban J connectivity index is 0.00000280. The Morgan fingerprint density at radius 2 is 2.00 bits per heavy atom. The summed E-state index contributed by atoms with van der Waals surface area (Å²) in [5.41, 5.74) is 1.08. The molecular formula is C20H31IN4O3. The third kappa shape index (κ3) is 6.72. The Morgan fingerprint density at radius 1 is 1.18 bits per heavy atom. The number of fused-ring (bicyclic) bond motifs is 1. The third-order valence-electron chi connectivity index (χ3n) is 4.64. The summed E-state index contributed by atoms with van der Waals surface area (Å²) in [6.07, 6.45) is 3.51. The van der Waals surface area contributed by atoms with Crippen molar-refractivity contribution in [3.8, 4) is 11.5 Å². The van der Waals surface area contributed by atoms with E-state index < -0.39 is 0 Å². The van der Waals surface area contributed by atoms with Gasteiger partial charge in [0.05, 0.1) is 19.8 Å². The molecule has 0 bridgehead atoms. The molecule has 1 saturated heterocycles. The average Bonchev–Trinajstić information content (AvgIpc) is 2.94. The lowest BCUT2D eigenvalue weighted by molar-refractivity contribution is -0.127. The van der Waals surface area contributed by atoms with Gasteiger partial charge in [-0.15, -0.1) is 24.0 Å². The molecule has 0 atom stereocenters. The molecule has 2 aliphatic rings. The number of hydrogen-bond acceptors (Lipinski definition) is 4. The summed E-state index contributed by atoms with van der Waals surface area (Å²) in [6, 6.07) is 5.99. The van der Waals surface area contributed by atoms with E-state index >= 15 is 0 Å². The highest BCUT2D eigenvalue weighted by Gasteiger charge is 2.18. The van der Waals surface area contributed by atoms with E-state index in [1.54, 1.807) is 0 Å². The summed E-state index contributed by atoms with van der Waals surface area (Å²) in [6.45, 7) is 7.30. The highest BCUT2D eigenvalue weighted by atomic mass is 127. The maximum absolute atomic E-state index is 11.6. The van der Waals surface area contributed by atoms with Crippen LogP contribution in [0.15, 0.2) is 23.2 Å². The topological polar surface area (TPSA) is 75.2 Å². The molecule has 0 spiro atoms. The van der Waals surface area contributed by atoms with Crippen LogP contribution in [0.25, 0.3) is 0 Å². The van der Waals surface area contributed by atoms with Gasteiger partial charge in [0, 0.05) is 39.0 Å². The molecule has 2 aliphatic heterocycles. The second kappa shape index (κ2) is 12.0. The Hall–Kier alpha value is -1.71. The van der Waals surface area contributed by atoms with Gasteiger partial charge in [-0.3, -0.25) is 4.79 Å². The van der Waals surface area contributed by atoms with Crippen LogP contribution in [0.1, 0.15) is 38.2 Å². The number of ether oxygens (including phenoxy) is 2. The van der Waals surface area contributed by atoms with Crippen molar-refractivity contribution in [1.29, 1.82) is 0 Å². The van der Waals surface area contributed by atoms with E-state index in [2.05, 4.69) is 15.6 Å². The molecule has 1 aromatic rings. The molecule has 156 valence electrons. The Bertz CT molecular complexity index is 669. The molecule has 2 N–H and O–H groups in total. The van der Waals surface area contributed by atoms with Crippen molar-refractivity contribution in [2.24, 2.45) is 4.99 Å². The predicted octanol–water partition coefficient (Wildman–Crippen LogP) is 2.53. The molecule has 3 rings (SSSR count). The SMILES string of the molecule is CCNC(=NCc1ccc2c(c1)OCCCO2)NCCCN1CCCC1=O.I. The fourth-order valence-electron chi connectivity index (χ4n) is 3.24. The monoisotopic (exact) mass is 502 g/mol. The summed E-state index contributed by atoms with van der Waals surface area (Å²) in [5.74, 6) is 2.68. The standard InChI is InChI=1S/C20H30N4O3.HI/c1-2-21-20(22-9-4-11-24-10-3-6-19(24)25)23-15-16-7-8-17-18(14-16)27-13-5-12-26-17;/h7-8,14H,2-6,9-13,15H2,1H3,(H2,21,22,23);1H. The van der Waals surface area contributed by atoms with Crippen LogP contribution >= 0.6 is 24.0 Å². The van der Waals surface area contributed by atoms with Crippen molar-refractivity contribution < 1.29 is 14.3 Å². The van der Waals surface area contributed by atoms with Crippen LogP contribution in [0.4, 0.5) is 0 Å². The molecule has 0 saturated carbocycles. The summed E-state index contributed by atoms with van der Waals surface area (Å²) in [7, 11) is 0. The van der Waals surface area contributed by atoms with Crippen molar-refractivity contribution in [3.63, 3.8) is 0 Å². The Morgan fingerprint density at radius 3 is 2.75 bits per heavy atom. The van der Waals surface area contributed by atoms with E-state index in [0.29, 0.717) is 26.2 Å². The summed E-state index contributed by atoms with van der Waals surface area (Å²) >= 11 is 0. The molecule has 0 aromatic heterocycles. The van der Waals surface area contributed by atoms with Crippen LogP contribution in [0.3, 0.4) is 0 Å². The molecule has 0 aliphatic carbocycles. The fraction of sp³-hybridized carbons (Fsp3) is 0.600. The van der Waals surface area contributed by atoms with Crippen molar-refractivity contribution in [2.75, 3.05) is 39.4 Å². The largest absolute Gasteiger partial charge is 0.490 e. The normalized spacial score (nSPS) is 16.4. The highest BCUT2D eigenvalue weighted by molar-refractivity contribution is 14.0. The third-order valence-corrected chi connectivity index (χ3v) is 4.64. The number of carbonyl (C=O) groups excluding carboxylic acids is 1. The number of halogens is 1. The number of benzene rings is 1. The summed E-state index contributed by atoms with van der Waals surface area (Å²) in [4.78, 5) is 18.2. The molecule has 0 unspecified atom stereocenters. The van der Waals surface area contributed by atoms with Crippen LogP contribution in [-0.4, -0.2) is 56.2 Å². The van der Waals surface area contributed by atoms with Gasteiger partial charge in [-0.05, 0) is 37.5 Å².